The van der Waals surface area contributed by atoms with E-state index in [1.54, 1.807) is 17.5 Å². The molecule has 0 fully saturated rings. The second-order valence-corrected chi connectivity index (χ2v) is 7.26. The Morgan fingerprint density at radius 2 is 2.35 bits per heavy atom. The molecule has 2 aromatic rings. The number of hydrogen-bond acceptors (Lipinski definition) is 4. The average Bonchev–Trinajstić information content (AvgIpc) is 2.83. The van der Waals surface area contributed by atoms with E-state index in [0.717, 1.165) is 8.45 Å². The van der Waals surface area contributed by atoms with Crippen LogP contribution >= 0.6 is 33.9 Å². The normalized spacial score (nSPS) is 10.6. The van der Waals surface area contributed by atoms with Crippen molar-refractivity contribution in [1.29, 1.82) is 0 Å². The zero-order chi connectivity index (χ0) is 14.5. The number of pyridine rings is 1. The van der Waals surface area contributed by atoms with Crippen LogP contribution in [0.3, 0.4) is 0 Å². The van der Waals surface area contributed by atoms with Crippen molar-refractivity contribution in [1.82, 2.24) is 10.3 Å². The fourth-order valence-electron chi connectivity index (χ4n) is 1.59. The van der Waals surface area contributed by atoms with Gasteiger partial charge in [-0.05, 0) is 48.6 Å². The number of ether oxygens (including phenoxy) is 1. The number of nitrogens with one attached hydrogen (secondary N) is 1. The lowest BCUT2D eigenvalue weighted by atomic mass is 10.2. The summed E-state index contributed by atoms with van der Waals surface area (Å²) in [4.78, 5) is 16.2. The first-order chi connectivity index (χ1) is 9.56. The lowest BCUT2D eigenvalue weighted by molar-refractivity contribution is 0.0951. The summed E-state index contributed by atoms with van der Waals surface area (Å²) in [5, 5.41) is 4.74. The highest BCUT2D eigenvalue weighted by molar-refractivity contribution is 14.1. The van der Waals surface area contributed by atoms with Gasteiger partial charge in [0.2, 0.25) is 5.88 Å². The molecule has 6 heteroatoms. The summed E-state index contributed by atoms with van der Waals surface area (Å²) in [5.74, 6) is 0.492. The minimum atomic E-state index is -0.0801. The Hall–Kier alpha value is -1.15. The SMILES string of the molecule is CC(C)Oc1ncccc1CNC(=O)c1csc(I)c1. The standard InChI is InChI=1S/C14H15IN2O2S/c1-9(2)19-14-10(4-3-5-16-14)7-17-13(18)11-6-12(15)20-8-11/h3-6,8-9H,7H2,1-2H3,(H,17,18). The number of carbonyl (C=O) groups excluding carboxylic acids is 1. The molecule has 2 rings (SSSR count). The first-order valence-corrected chi connectivity index (χ1v) is 8.15. The van der Waals surface area contributed by atoms with Gasteiger partial charge in [-0.15, -0.1) is 11.3 Å². The number of amides is 1. The van der Waals surface area contributed by atoms with Crippen LogP contribution in [0.1, 0.15) is 29.8 Å². The molecule has 2 aromatic heterocycles. The molecule has 0 aromatic carbocycles. The zero-order valence-electron chi connectivity index (χ0n) is 11.2. The second-order valence-electron chi connectivity index (χ2n) is 4.46. The summed E-state index contributed by atoms with van der Waals surface area (Å²) in [6.45, 7) is 4.30. The van der Waals surface area contributed by atoms with Gasteiger partial charge < -0.3 is 10.1 Å². The van der Waals surface area contributed by atoms with Gasteiger partial charge in [0.15, 0.2) is 0 Å². The van der Waals surface area contributed by atoms with Gasteiger partial charge in [0.25, 0.3) is 5.91 Å². The number of aromatic nitrogens is 1. The van der Waals surface area contributed by atoms with Crippen LogP contribution in [0, 0.1) is 2.88 Å². The maximum atomic E-state index is 12.0. The van der Waals surface area contributed by atoms with E-state index < -0.39 is 0 Å². The third-order valence-corrected chi connectivity index (χ3v) is 4.26. The molecular formula is C14H15IN2O2S. The molecule has 2 heterocycles. The van der Waals surface area contributed by atoms with Gasteiger partial charge in [-0.2, -0.15) is 0 Å². The zero-order valence-corrected chi connectivity index (χ0v) is 14.2. The quantitative estimate of drug-likeness (QED) is 0.780. The fourth-order valence-corrected chi connectivity index (χ4v) is 2.92. The van der Waals surface area contributed by atoms with Crippen LogP contribution in [0.5, 0.6) is 5.88 Å². The number of rotatable bonds is 5. The van der Waals surface area contributed by atoms with E-state index in [4.69, 9.17) is 4.74 Å². The van der Waals surface area contributed by atoms with Gasteiger partial charge in [0.1, 0.15) is 0 Å². The van der Waals surface area contributed by atoms with Crippen molar-refractivity contribution >= 4 is 39.8 Å². The van der Waals surface area contributed by atoms with Crippen LogP contribution in [0.25, 0.3) is 0 Å². The molecule has 0 bridgehead atoms. The predicted octanol–water partition coefficient (Wildman–Crippen LogP) is 3.46. The molecule has 0 radical (unpaired) electrons. The van der Waals surface area contributed by atoms with E-state index in [1.807, 2.05) is 37.4 Å². The summed E-state index contributed by atoms with van der Waals surface area (Å²) < 4.78 is 6.72. The topological polar surface area (TPSA) is 51.2 Å². The van der Waals surface area contributed by atoms with Gasteiger partial charge >= 0.3 is 0 Å². The largest absolute Gasteiger partial charge is 0.475 e. The van der Waals surface area contributed by atoms with Crippen LogP contribution < -0.4 is 10.1 Å². The molecule has 0 aliphatic heterocycles. The molecule has 0 spiro atoms. The Labute approximate surface area is 135 Å². The number of halogens is 1. The summed E-state index contributed by atoms with van der Waals surface area (Å²) in [5.41, 5.74) is 1.56. The van der Waals surface area contributed by atoms with Crippen LogP contribution in [0.15, 0.2) is 29.8 Å². The smallest absolute Gasteiger partial charge is 0.252 e. The number of hydrogen-bond donors (Lipinski definition) is 1. The molecule has 1 amide bonds. The van der Waals surface area contributed by atoms with E-state index in [9.17, 15) is 4.79 Å². The van der Waals surface area contributed by atoms with Gasteiger partial charge in [0.05, 0.1) is 14.6 Å². The second kappa shape index (κ2) is 7.03. The van der Waals surface area contributed by atoms with Crippen molar-refractivity contribution in [2.24, 2.45) is 0 Å². The highest BCUT2D eigenvalue weighted by Gasteiger charge is 2.10. The third kappa shape index (κ3) is 4.17. The van der Waals surface area contributed by atoms with Crippen molar-refractivity contribution < 1.29 is 9.53 Å². The molecule has 20 heavy (non-hydrogen) atoms. The van der Waals surface area contributed by atoms with E-state index in [2.05, 4.69) is 32.9 Å². The van der Waals surface area contributed by atoms with Crippen LogP contribution in [0.4, 0.5) is 0 Å². The molecule has 0 saturated heterocycles. The van der Waals surface area contributed by atoms with Gasteiger partial charge in [0, 0.05) is 23.7 Å². The Morgan fingerprint density at radius 1 is 1.55 bits per heavy atom. The Kier molecular flexibility index (Phi) is 5.36. The van der Waals surface area contributed by atoms with Crippen molar-refractivity contribution in [3.8, 4) is 5.88 Å². The molecule has 0 aliphatic carbocycles. The summed E-state index contributed by atoms with van der Waals surface area (Å²) in [6, 6.07) is 5.61. The maximum Gasteiger partial charge on any atom is 0.252 e. The summed E-state index contributed by atoms with van der Waals surface area (Å²) >= 11 is 3.76. The maximum absolute atomic E-state index is 12.0. The lowest BCUT2D eigenvalue weighted by Crippen LogP contribution is -2.23. The molecular weight excluding hydrogens is 387 g/mol. The van der Waals surface area contributed by atoms with Crippen molar-refractivity contribution in [3.63, 3.8) is 0 Å². The van der Waals surface area contributed by atoms with E-state index in [0.29, 0.717) is 18.0 Å². The molecule has 106 valence electrons. The van der Waals surface area contributed by atoms with Crippen LogP contribution in [0.2, 0.25) is 0 Å². The Morgan fingerprint density at radius 3 is 3.00 bits per heavy atom. The highest BCUT2D eigenvalue weighted by Crippen LogP contribution is 2.18. The monoisotopic (exact) mass is 402 g/mol. The minimum Gasteiger partial charge on any atom is -0.475 e. The molecule has 0 atom stereocenters. The number of nitrogens with zero attached hydrogens (tertiary/aromatic N) is 1. The van der Waals surface area contributed by atoms with E-state index >= 15 is 0 Å². The molecule has 4 nitrogen and oxygen atoms in total. The molecule has 0 aliphatic rings. The van der Waals surface area contributed by atoms with Gasteiger partial charge in [-0.25, -0.2) is 4.98 Å². The van der Waals surface area contributed by atoms with Crippen LogP contribution in [-0.2, 0) is 6.54 Å². The first kappa shape index (κ1) is 15.2. The average molecular weight is 402 g/mol. The van der Waals surface area contributed by atoms with E-state index in [-0.39, 0.29) is 12.0 Å². The molecule has 0 saturated carbocycles. The summed E-state index contributed by atoms with van der Waals surface area (Å²) in [6.07, 6.45) is 1.74. The van der Waals surface area contributed by atoms with Crippen molar-refractivity contribution in [2.45, 2.75) is 26.5 Å². The van der Waals surface area contributed by atoms with Crippen molar-refractivity contribution in [3.05, 3.63) is 43.8 Å². The summed E-state index contributed by atoms with van der Waals surface area (Å²) in [7, 11) is 0. The number of thiophene rings is 1. The van der Waals surface area contributed by atoms with Crippen molar-refractivity contribution in [2.75, 3.05) is 0 Å². The Bertz CT molecular complexity index is 598. The molecule has 0 unspecified atom stereocenters. The minimum absolute atomic E-state index is 0.0535. The third-order valence-electron chi connectivity index (χ3n) is 2.47. The number of carbonyl (C=O) groups is 1. The lowest BCUT2D eigenvalue weighted by Gasteiger charge is -2.13. The van der Waals surface area contributed by atoms with Crippen LogP contribution in [-0.4, -0.2) is 17.0 Å². The highest BCUT2D eigenvalue weighted by atomic mass is 127. The first-order valence-electron chi connectivity index (χ1n) is 6.19. The molecule has 1 N–H and O–H groups in total. The van der Waals surface area contributed by atoms with Gasteiger partial charge in [-0.3, -0.25) is 4.79 Å². The van der Waals surface area contributed by atoms with E-state index in [1.165, 1.54) is 0 Å². The predicted molar refractivity (Wildman–Crippen MR) is 88.2 cm³/mol. The fraction of sp³-hybridized carbons (Fsp3) is 0.286. The van der Waals surface area contributed by atoms with Gasteiger partial charge in [-0.1, -0.05) is 6.07 Å². The Balaban J connectivity index is 2.02.